The molecule has 2 fully saturated rings. The molecule has 148 valence electrons. The molecule has 2 aliphatic heterocycles. The van der Waals surface area contributed by atoms with Gasteiger partial charge in [-0.25, -0.2) is 4.98 Å². The lowest BCUT2D eigenvalue weighted by Gasteiger charge is -2.31. The molecule has 0 radical (unpaired) electrons. The number of primary amides is 1. The van der Waals surface area contributed by atoms with Crippen molar-refractivity contribution in [1.82, 2.24) is 9.88 Å². The van der Waals surface area contributed by atoms with Gasteiger partial charge in [-0.05, 0) is 18.9 Å². The molecular weight excluding hydrogens is 352 g/mol. The van der Waals surface area contributed by atoms with Crippen LogP contribution in [0.25, 0.3) is 0 Å². The summed E-state index contributed by atoms with van der Waals surface area (Å²) < 4.78 is 5.32. The first-order valence-electron chi connectivity index (χ1n) is 9.28. The molecule has 10 nitrogen and oxygen atoms in total. The number of rotatable bonds is 7. The van der Waals surface area contributed by atoms with Gasteiger partial charge in [0.15, 0.2) is 0 Å². The molecule has 0 saturated carbocycles. The maximum atomic E-state index is 11.3. The van der Waals surface area contributed by atoms with E-state index in [1.54, 1.807) is 6.07 Å². The lowest BCUT2D eigenvalue weighted by atomic mass is 9.96. The second-order valence-electron chi connectivity index (χ2n) is 6.84. The summed E-state index contributed by atoms with van der Waals surface area (Å²) in [5.41, 5.74) is 5.34. The van der Waals surface area contributed by atoms with Crippen LogP contribution >= 0.6 is 0 Å². The van der Waals surface area contributed by atoms with Gasteiger partial charge in [0.05, 0.1) is 18.1 Å². The number of nitrogens with zero attached hydrogens (tertiary/aromatic N) is 4. The minimum Gasteiger partial charge on any atom is -0.379 e. The van der Waals surface area contributed by atoms with Crippen LogP contribution in [0.1, 0.15) is 12.8 Å². The van der Waals surface area contributed by atoms with Crippen LogP contribution in [-0.2, 0) is 9.53 Å². The second-order valence-corrected chi connectivity index (χ2v) is 6.84. The number of nitrogens with one attached hydrogen (secondary N) is 1. The first-order valence-corrected chi connectivity index (χ1v) is 9.28. The van der Waals surface area contributed by atoms with Crippen molar-refractivity contribution in [2.75, 3.05) is 62.7 Å². The largest absolute Gasteiger partial charge is 0.379 e. The lowest BCUT2D eigenvalue weighted by Crippen LogP contribution is -2.39. The molecule has 1 aromatic rings. The molecule has 27 heavy (non-hydrogen) atoms. The van der Waals surface area contributed by atoms with E-state index in [4.69, 9.17) is 10.5 Å². The number of carbonyl (C=O) groups excluding carboxylic acids is 1. The van der Waals surface area contributed by atoms with Crippen molar-refractivity contribution < 1.29 is 14.5 Å². The molecule has 0 atom stereocenters. The summed E-state index contributed by atoms with van der Waals surface area (Å²) in [4.78, 5) is 31.0. The molecule has 0 spiro atoms. The Morgan fingerprint density at radius 1 is 1.30 bits per heavy atom. The number of ether oxygens (including phenoxy) is 1. The number of nitro groups is 1. The number of pyridine rings is 1. The summed E-state index contributed by atoms with van der Waals surface area (Å²) in [6.07, 6.45) is 1.35. The van der Waals surface area contributed by atoms with Crippen LogP contribution in [-0.4, -0.2) is 73.2 Å². The molecule has 2 aliphatic rings. The maximum Gasteiger partial charge on any atom is 0.311 e. The molecule has 0 unspecified atom stereocenters. The Bertz CT molecular complexity index is 671. The van der Waals surface area contributed by atoms with Crippen LogP contribution in [0.4, 0.5) is 17.3 Å². The Morgan fingerprint density at radius 2 is 2.00 bits per heavy atom. The summed E-state index contributed by atoms with van der Waals surface area (Å²) in [7, 11) is 0. The first kappa shape index (κ1) is 19.3. The van der Waals surface area contributed by atoms with Crippen molar-refractivity contribution in [2.45, 2.75) is 12.8 Å². The van der Waals surface area contributed by atoms with E-state index in [-0.39, 0.29) is 23.3 Å². The zero-order valence-electron chi connectivity index (χ0n) is 15.3. The predicted molar refractivity (Wildman–Crippen MR) is 101 cm³/mol. The number of hydrogen-bond acceptors (Lipinski definition) is 8. The standard InChI is InChI=1S/C17H26N6O4/c18-16(24)13-3-6-22(7-4-13)15-2-1-14(23(25)26)17(20-15)19-5-8-21-9-11-27-12-10-21/h1-2,13H,3-12H2,(H2,18,24)(H,19,20). The van der Waals surface area contributed by atoms with Crippen molar-refractivity contribution >= 4 is 23.2 Å². The van der Waals surface area contributed by atoms with E-state index in [1.165, 1.54) is 6.07 Å². The highest BCUT2D eigenvalue weighted by Gasteiger charge is 2.25. The van der Waals surface area contributed by atoms with Crippen LogP contribution in [0.5, 0.6) is 0 Å². The normalized spacial score (nSPS) is 19.0. The number of morpholine rings is 1. The number of carbonyl (C=O) groups is 1. The van der Waals surface area contributed by atoms with Gasteiger partial charge >= 0.3 is 5.69 Å². The first-order chi connectivity index (χ1) is 13.0. The molecule has 1 aromatic heterocycles. The average Bonchev–Trinajstić information content (AvgIpc) is 2.68. The third-order valence-electron chi connectivity index (χ3n) is 5.10. The van der Waals surface area contributed by atoms with E-state index in [2.05, 4.69) is 15.2 Å². The maximum absolute atomic E-state index is 11.3. The van der Waals surface area contributed by atoms with Crippen molar-refractivity contribution in [2.24, 2.45) is 11.7 Å². The van der Waals surface area contributed by atoms with Gasteiger partial charge in [-0.3, -0.25) is 19.8 Å². The second kappa shape index (κ2) is 8.96. The molecule has 0 aliphatic carbocycles. The Labute approximate surface area is 157 Å². The minimum absolute atomic E-state index is 0.0345. The number of piperidine rings is 1. The zero-order chi connectivity index (χ0) is 19.2. The molecule has 10 heteroatoms. The smallest absolute Gasteiger partial charge is 0.311 e. The molecule has 3 rings (SSSR count). The Morgan fingerprint density at radius 3 is 2.63 bits per heavy atom. The Balaban J connectivity index is 1.63. The van der Waals surface area contributed by atoms with E-state index >= 15 is 0 Å². The van der Waals surface area contributed by atoms with E-state index in [0.29, 0.717) is 38.3 Å². The number of anilines is 2. The highest BCUT2D eigenvalue weighted by atomic mass is 16.6. The van der Waals surface area contributed by atoms with Gasteiger partial charge in [-0.1, -0.05) is 0 Å². The molecule has 0 bridgehead atoms. The van der Waals surface area contributed by atoms with Crippen molar-refractivity contribution in [3.63, 3.8) is 0 Å². The molecule has 0 aromatic carbocycles. The predicted octanol–water partition coefficient (Wildman–Crippen LogP) is 0.436. The van der Waals surface area contributed by atoms with Gasteiger partial charge in [0.2, 0.25) is 11.7 Å². The number of nitrogens with two attached hydrogens (primary N) is 1. The van der Waals surface area contributed by atoms with Gasteiger partial charge in [-0.2, -0.15) is 0 Å². The van der Waals surface area contributed by atoms with Gasteiger partial charge in [0, 0.05) is 51.3 Å². The zero-order valence-corrected chi connectivity index (χ0v) is 15.3. The fraction of sp³-hybridized carbons (Fsp3) is 0.647. The highest BCUT2D eigenvalue weighted by molar-refractivity contribution is 5.77. The number of aromatic nitrogens is 1. The summed E-state index contributed by atoms with van der Waals surface area (Å²) in [6, 6.07) is 3.15. The van der Waals surface area contributed by atoms with Crippen LogP contribution in [0.2, 0.25) is 0 Å². The summed E-state index contributed by atoms with van der Waals surface area (Å²) in [5.74, 6) is 0.586. The van der Waals surface area contributed by atoms with Crippen LogP contribution in [0.3, 0.4) is 0 Å². The molecular formula is C17H26N6O4. The van der Waals surface area contributed by atoms with Gasteiger partial charge in [0.1, 0.15) is 5.82 Å². The molecule has 2 saturated heterocycles. The Kier molecular flexibility index (Phi) is 6.40. The van der Waals surface area contributed by atoms with Crippen molar-refractivity contribution in [1.29, 1.82) is 0 Å². The van der Waals surface area contributed by atoms with Crippen LogP contribution in [0.15, 0.2) is 12.1 Å². The quantitative estimate of drug-likeness (QED) is 0.517. The summed E-state index contributed by atoms with van der Waals surface area (Å²) in [5, 5.41) is 14.4. The van der Waals surface area contributed by atoms with Gasteiger partial charge in [0.25, 0.3) is 0 Å². The van der Waals surface area contributed by atoms with Crippen molar-refractivity contribution in [3.05, 3.63) is 22.2 Å². The summed E-state index contributed by atoms with van der Waals surface area (Å²) >= 11 is 0. The topological polar surface area (TPSA) is 127 Å². The van der Waals surface area contributed by atoms with Crippen LogP contribution < -0.4 is 16.0 Å². The Hall–Kier alpha value is -2.46. The average molecular weight is 378 g/mol. The third kappa shape index (κ3) is 5.04. The van der Waals surface area contributed by atoms with E-state index < -0.39 is 4.92 Å². The third-order valence-corrected chi connectivity index (χ3v) is 5.10. The van der Waals surface area contributed by atoms with Crippen molar-refractivity contribution in [3.8, 4) is 0 Å². The molecule has 3 heterocycles. The van der Waals surface area contributed by atoms with Gasteiger partial charge in [-0.15, -0.1) is 0 Å². The fourth-order valence-corrected chi connectivity index (χ4v) is 3.45. The van der Waals surface area contributed by atoms with E-state index in [9.17, 15) is 14.9 Å². The van der Waals surface area contributed by atoms with Gasteiger partial charge < -0.3 is 20.7 Å². The number of amides is 1. The van der Waals surface area contributed by atoms with E-state index in [0.717, 1.165) is 32.8 Å². The highest BCUT2D eigenvalue weighted by Crippen LogP contribution is 2.28. The minimum atomic E-state index is -0.423. The SMILES string of the molecule is NC(=O)C1CCN(c2ccc([N+](=O)[O-])c(NCCN3CCOCC3)n2)CC1. The van der Waals surface area contributed by atoms with E-state index in [1.807, 2.05) is 4.90 Å². The summed E-state index contributed by atoms with van der Waals surface area (Å²) in [6.45, 7) is 5.83. The molecule has 3 N–H and O–H groups in total. The lowest BCUT2D eigenvalue weighted by molar-refractivity contribution is -0.384. The molecule has 1 amide bonds. The monoisotopic (exact) mass is 378 g/mol. The van der Waals surface area contributed by atoms with Crippen LogP contribution in [0, 0.1) is 16.0 Å². The fourth-order valence-electron chi connectivity index (χ4n) is 3.45. The number of hydrogen-bond donors (Lipinski definition) is 2.